The van der Waals surface area contributed by atoms with E-state index < -0.39 is 23.5 Å². The Morgan fingerprint density at radius 2 is 1.78 bits per heavy atom. The molecule has 0 heterocycles. The highest BCUT2D eigenvalue weighted by molar-refractivity contribution is 9.10. The van der Waals surface area contributed by atoms with Gasteiger partial charge in [-0.3, -0.25) is 0 Å². The third-order valence-electron chi connectivity index (χ3n) is 2.60. The molecule has 1 atom stereocenters. The molecule has 0 saturated heterocycles. The molecule has 0 aliphatic rings. The molecular weight excluding hydrogens is 307 g/mol. The summed E-state index contributed by atoms with van der Waals surface area (Å²) in [4.78, 5) is 0. The minimum absolute atomic E-state index is 0.116. The van der Waals surface area contributed by atoms with Gasteiger partial charge in [0.15, 0.2) is 0 Å². The van der Waals surface area contributed by atoms with Crippen molar-refractivity contribution in [3.63, 3.8) is 0 Å². The monoisotopic (exact) mass is 315 g/mol. The summed E-state index contributed by atoms with van der Waals surface area (Å²) in [6, 6.07) is 6.67. The molecule has 2 aromatic carbocycles. The van der Waals surface area contributed by atoms with Crippen LogP contribution < -0.4 is 5.73 Å². The molecule has 5 heteroatoms. The lowest BCUT2D eigenvalue weighted by atomic mass is 9.98. The topological polar surface area (TPSA) is 26.0 Å². The molecule has 0 aromatic heterocycles. The highest BCUT2D eigenvalue weighted by atomic mass is 79.9. The van der Waals surface area contributed by atoms with E-state index in [1.807, 2.05) is 0 Å². The van der Waals surface area contributed by atoms with Gasteiger partial charge in [-0.1, -0.05) is 12.1 Å². The van der Waals surface area contributed by atoms with Gasteiger partial charge in [0, 0.05) is 5.56 Å². The Bertz CT molecular complexity index is 586. The Balaban J connectivity index is 2.52. The van der Waals surface area contributed by atoms with Crippen molar-refractivity contribution < 1.29 is 13.2 Å². The minimum atomic E-state index is -1.06. The molecule has 0 aliphatic heterocycles. The predicted molar refractivity (Wildman–Crippen MR) is 66.5 cm³/mol. The molecule has 0 bridgehead atoms. The van der Waals surface area contributed by atoms with Crippen molar-refractivity contribution in [2.75, 3.05) is 0 Å². The van der Waals surface area contributed by atoms with Gasteiger partial charge in [0.1, 0.15) is 17.5 Å². The van der Waals surface area contributed by atoms with E-state index in [1.165, 1.54) is 24.3 Å². The molecule has 2 aromatic rings. The van der Waals surface area contributed by atoms with Crippen molar-refractivity contribution in [1.82, 2.24) is 0 Å². The highest BCUT2D eigenvalue weighted by Crippen LogP contribution is 2.29. The number of rotatable bonds is 2. The van der Waals surface area contributed by atoms with Crippen LogP contribution in [0.1, 0.15) is 17.2 Å². The van der Waals surface area contributed by atoms with E-state index in [9.17, 15) is 13.2 Å². The Hall–Kier alpha value is -1.33. The van der Waals surface area contributed by atoms with E-state index in [1.54, 1.807) is 0 Å². The number of halogens is 4. The first-order valence-corrected chi connectivity index (χ1v) is 5.94. The first kappa shape index (κ1) is 13.1. The van der Waals surface area contributed by atoms with Crippen LogP contribution in [0.5, 0.6) is 0 Å². The van der Waals surface area contributed by atoms with E-state index in [0.717, 1.165) is 12.1 Å². The number of hydrogen-bond donors (Lipinski definition) is 1. The van der Waals surface area contributed by atoms with Crippen LogP contribution in [0.4, 0.5) is 13.2 Å². The van der Waals surface area contributed by atoms with Crippen LogP contribution in [0.15, 0.2) is 40.9 Å². The van der Waals surface area contributed by atoms with Gasteiger partial charge in [0.2, 0.25) is 0 Å². The maximum absolute atomic E-state index is 13.8. The molecule has 0 aliphatic carbocycles. The number of benzene rings is 2. The van der Waals surface area contributed by atoms with Crippen LogP contribution in [0, 0.1) is 17.5 Å². The van der Waals surface area contributed by atoms with Crippen molar-refractivity contribution in [3.8, 4) is 0 Å². The van der Waals surface area contributed by atoms with E-state index in [4.69, 9.17) is 5.73 Å². The fourth-order valence-electron chi connectivity index (χ4n) is 1.69. The second-order valence-corrected chi connectivity index (χ2v) is 4.64. The first-order valence-electron chi connectivity index (χ1n) is 5.15. The standard InChI is InChI=1S/C13H9BrF3N/c14-9-4-5-10(16)11(12(9)17)13(18)7-2-1-3-8(15)6-7/h1-6,13H,18H2. The lowest BCUT2D eigenvalue weighted by Crippen LogP contribution is -2.16. The maximum atomic E-state index is 13.8. The molecular formula is C13H9BrF3N. The zero-order valence-electron chi connectivity index (χ0n) is 9.13. The Kier molecular flexibility index (Phi) is 3.73. The highest BCUT2D eigenvalue weighted by Gasteiger charge is 2.20. The van der Waals surface area contributed by atoms with Crippen molar-refractivity contribution >= 4 is 15.9 Å². The normalized spacial score (nSPS) is 12.5. The van der Waals surface area contributed by atoms with Gasteiger partial charge in [0.25, 0.3) is 0 Å². The van der Waals surface area contributed by atoms with Gasteiger partial charge in [-0.2, -0.15) is 0 Å². The number of hydrogen-bond acceptors (Lipinski definition) is 1. The average Bonchev–Trinajstić information content (AvgIpc) is 2.34. The summed E-state index contributed by atoms with van der Waals surface area (Å²) in [6.45, 7) is 0. The van der Waals surface area contributed by atoms with Gasteiger partial charge >= 0.3 is 0 Å². The Morgan fingerprint density at radius 1 is 1.06 bits per heavy atom. The third-order valence-corrected chi connectivity index (χ3v) is 3.21. The molecule has 0 radical (unpaired) electrons. The lowest BCUT2D eigenvalue weighted by molar-refractivity contribution is 0.538. The maximum Gasteiger partial charge on any atom is 0.145 e. The fraction of sp³-hybridized carbons (Fsp3) is 0.0769. The largest absolute Gasteiger partial charge is 0.320 e. The Labute approximate surface area is 111 Å². The molecule has 0 fully saturated rings. The third kappa shape index (κ3) is 2.42. The summed E-state index contributed by atoms with van der Waals surface area (Å²) in [5, 5.41) is 0. The number of nitrogens with two attached hydrogens (primary N) is 1. The van der Waals surface area contributed by atoms with Crippen LogP contribution in [0.2, 0.25) is 0 Å². The van der Waals surface area contributed by atoms with Crippen LogP contribution in [-0.4, -0.2) is 0 Å². The van der Waals surface area contributed by atoms with Gasteiger partial charge in [0.05, 0.1) is 10.5 Å². The summed E-state index contributed by atoms with van der Waals surface area (Å²) in [6.07, 6.45) is 0. The van der Waals surface area contributed by atoms with E-state index >= 15 is 0 Å². The van der Waals surface area contributed by atoms with Crippen LogP contribution in [0.3, 0.4) is 0 Å². The summed E-state index contributed by atoms with van der Waals surface area (Å²) < 4.78 is 40.7. The molecule has 18 heavy (non-hydrogen) atoms. The van der Waals surface area contributed by atoms with Crippen molar-refractivity contribution in [2.24, 2.45) is 5.73 Å². The van der Waals surface area contributed by atoms with Gasteiger partial charge in [-0.25, -0.2) is 13.2 Å². The molecule has 2 N–H and O–H groups in total. The summed E-state index contributed by atoms with van der Waals surface area (Å²) in [5.74, 6) is -2.03. The Morgan fingerprint density at radius 3 is 2.44 bits per heavy atom. The molecule has 2 rings (SSSR count). The molecule has 94 valence electrons. The van der Waals surface area contributed by atoms with Crippen LogP contribution in [-0.2, 0) is 0 Å². The molecule has 0 amide bonds. The van der Waals surface area contributed by atoms with Crippen molar-refractivity contribution in [3.05, 3.63) is 69.4 Å². The predicted octanol–water partition coefficient (Wildman–Crippen LogP) is 3.91. The minimum Gasteiger partial charge on any atom is -0.320 e. The molecule has 1 nitrogen and oxygen atoms in total. The fourth-order valence-corrected chi connectivity index (χ4v) is 2.04. The van der Waals surface area contributed by atoms with Crippen LogP contribution in [0.25, 0.3) is 0 Å². The molecule has 0 saturated carbocycles. The summed E-state index contributed by atoms with van der Waals surface area (Å²) >= 11 is 2.96. The smallest absolute Gasteiger partial charge is 0.145 e. The van der Waals surface area contributed by atoms with Gasteiger partial charge in [-0.15, -0.1) is 0 Å². The van der Waals surface area contributed by atoms with Gasteiger partial charge < -0.3 is 5.73 Å². The van der Waals surface area contributed by atoms with Crippen molar-refractivity contribution in [1.29, 1.82) is 0 Å². The lowest BCUT2D eigenvalue weighted by Gasteiger charge is -2.15. The van der Waals surface area contributed by atoms with Crippen molar-refractivity contribution in [2.45, 2.75) is 6.04 Å². The summed E-state index contributed by atoms with van der Waals surface area (Å²) in [5.41, 5.74) is 5.82. The second kappa shape index (κ2) is 5.12. The van der Waals surface area contributed by atoms with E-state index in [2.05, 4.69) is 15.9 Å². The average molecular weight is 316 g/mol. The molecule has 0 spiro atoms. The first-order chi connectivity index (χ1) is 8.50. The van der Waals surface area contributed by atoms with E-state index in [-0.39, 0.29) is 10.0 Å². The SMILES string of the molecule is NC(c1cccc(F)c1)c1c(F)ccc(Br)c1F. The summed E-state index contributed by atoms with van der Waals surface area (Å²) in [7, 11) is 0. The molecule has 1 unspecified atom stereocenters. The quantitative estimate of drug-likeness (QED) is 0.835. The van der Waals surface area contributed by atoms with Crippen LogP contribution >= 0.6 is 15.9 Å². The zero-order valence-corrected chi connectivity index (χ0v) is 10.7. The van der Waals surface area contributed by atoms with E-state index in [0.29, 0.717) is 5.56 Å². The zero-order chi connectivity index (χ0) is 13.3. The van der Waals surface area contributed by atoms with Gasteiger partial charge in [-0.05, 0) is 45.8 Å². The second-order valence-electron chi connectivity index (χ2n) is 3.79.